The number of nitrogens with one attached hydrogen (secondary N) is 2. The largest absolute Gasteiger partial charge is 0.483 e. The molecule has 8 nitrogen and oxygen atoms in total. The highest BCUT2D eigenvalue weighted by Crippen LogP contribution is 2.17. The number of para-hydroxylation sites is 1. The summed E-state index contributed by atoms with van der Waals surface area (Å²) in [7, 11) is 0. The molecule has 0 radical (unpaired) electrons. The van der Waals surface area contributed by atoms with Crippen LogP contribution in [0, 0.1) is 0 Å². The number of rotatable bonds is 6. The highest BCUT2D eigenvalue weighted by atomic mass is 32.1. The summed E-state index contributed by atoms with van der Waals surface area (Å²) in [5, 5.41) is 15.7. The van der Waals surface area contributed by atoms with Gasteiger partial charge >= 0.3 is 0 Å². The molecule has 1 heterocycles. The van der Waals surface area contributed by atoms with Gasteiger partial charge in [0, 0.05) is 0 Å². The van der Waals surface area contributed by atoms with Gasteiger partial charge in [0.05, 0.1) is 12.1 Å². The van der Waals surface area contributed by atoms with E-state index in [1.54, 1.807) is 24.3 Å². The van der Waals surface area contributed by atoms with Crippen molar-refractivity contribution in [1.29, 1.82) is 0 Å². The fraction of sp³-hybridized carbons (Fsp3) is 0.182. The van der Waals surface area contributed by atoms with Gasteiger partial charge in [-0.1, -0.05) is 29.6 Å². The van der Waals surface area contributed by atoms with Crippen LogP contribution in [0.15, 0.2) is 24.3 Å². The van der Waals surface area contributed by atoms with Gasteiger partial charge in [-0.05, 0) is 12.1 Å². The first-order chi connectivity index (χ1) is 9.66. The zero-order valence-corrected chi connectivity index (χ0v) is 11.2. The predicted octanol–water partition coefficient (Wildman–Crippen LogP) is -0.471. The Morgan fingerprint density at radius 3 is 2.95 bits per heavy atom. The molecule has 0 fully saturated rings. The van der Waals surface area contributed by atoms with Gasteiger partial charge in [-0.2, -0.15) is 5.21 Å². The van der Waals surface area contributed by atoms with Crippen molar-refractivity contribution < 1.29 is 9.53 Å². The zero-order valence-electron chi connectivity index (χ0n) is 10.4. The molecule has 0 saturated carbocycles. The van der Waals surface area contributed by atoms with Crippen LogP contribution in [-0.4, -0.2) is 38.1 Å². The predicted molar refractivity (Wildman–Crippen MR) is 73.8 cm³/mol. The lowest BCUT2D eigenvalue weighted by atomic mass is 10.2. The van der Waals surface area contributed by atoms with Crippen LogP contribution in [0.25, 0.3) is 0 Å². The average molecular weight is 292 g/mol. The number of nitrogens with zero attached hydrogens (tertiary/aromatic N) is 3. The third-order valence-electron chi connectivity index (χ3n) is 2.34. The van der Waals surface area contributed by atoms with Crippen LogP contribution in [0.2, 0.25) is 0 Å². The number of ether oxygens (including phenoxy) is 1. The van der Waals surface area contributed by atoms with Crippen LogP contribution in [0.1, 0.15) is 11.4 Å². The highest BCUT2D eigenvalue weighted by Gasteiger charge is 2.08. The standard InChI is InChI=1S/C11H12N6O2S/c12-11(20)7-3-1-2-4-8(7)19-6-10(18)13-5-9-14-16-17-15-9/h1-4H,5-6H2,(H2,12,20)(H,13,18)(H,14,15,16,17). The van der Waals surface area contributed by atoms with E-state index in [1.165, 1.54) is 0 Å². The number of hydrogen-bond donors (Lipinski definition) is 3. The summed E-state index contributed by atoms with van der Waals surface area (Å²) in [5.74, 6) is 0.546. The maximum absolute atomic E-state index is 11.6. The Labute approximate surface area is 119 Å². The number of aromatic amines is 1. The van der Waals surface area contributed by atoms with Crippen LogP contribution in [0.4, 0.5) is 0 Å². The Morgan fingerprint density at radius 1 is 1.45 bits per heavy atom. The van der Waals surface area contributed by atoms with Crippen LogP contribution in [0.3, 0.4) is 0 Å². The molecule has 1 amide bonds. The second-order valence-electron chi connectivity index (χ2n) is 3.75. The summed E-state index contributed by atoms with van der Waals surface area (Å²) in [6, 6.07) is 6.99. The molecule has 0 atom stereocenters. The second kappa shape index (κ2) is 6.57. The molecule has 2 aromatic rings. The van der Waals surface area contributed by atoms with E-state index in [-0.39, 0.29) is 24.0 Å². The quantitative estimate of drug-likeness (QED) is 0.616. The maximum Gasteiger partial charge on any atom is 0.258 e. The van der Waals surface area contributed by atoms with Crippen LogP contribution >= 0.6 is 12.2 Å². The van der Waals surface area contributed by atoms with Gasteiger partial charge in [-0.15, -0.1) is 10.2 Å². The SMILES string of the molecule is NC(=S)c1ccccc1OCC(=O)NCc1nn[nH]n1. The number of H-pyrrole nitrogens is 1. The van der Waals surface area contributed by atoms with E-state index < -0.39 is 0 Å². The Balaban J connectivity index is 1.85. The molecule has 4 N–H and O–H groups in total. The van der Waals surface area contributed by atoms with Crippen molar-refractivity contribution in [3.63, 3.8) is 0 Å². The molecule has 9 heteroatoms. The number of aromatic nitrogens is 4. The smallest absolute Gasteiger partial charge is 0.258 e. The highest BCUT2D eigenvalue weighted by molar-refractivity contribution is 7.80. The van der Waals surface area contributed by atoms with Gasteiger partial charge < -0.3 is 15.8 Å². The minimum Gasteiger partial charge on any atom is -0.483 e. The van der Waals surface area contributed by atoms with E-state index >= 15 is 0 Å². The van der Waals surface area contributed by atoms with Crippen molar-refractivity contribution in [3.05, 3.63) is 35.7 Å². The lowest BCUT2D eigenvalue weighted by Crippen LogP contribution is -2.29. The monoisotopic (exact) mass is 292 g/mol. The van der Waals surface area contributed by atoms with E-state index in [2.05, 4.69) is 25.9 Å². The van der Waals surface area contributed by atoms with Gasteiger partial charge in [0.2, 0.25) is 0 Å². The van der Waals surface area contributed by atoms with Gasteiger partial charge in [0.15, 0.2) is 12.4 Å². The van der Waals surface area contributed by atoms with Crippen molar-refractivity contribution in [3.8, 4) is 5.75 Å². The van der Waals surface area contributed by atoms with Gasteiger partial charge in [-0.3, -0.25) is 4.79 Å². The van der Waals surface area contributed by atoms with Gasteiger partial charge in [0.25, 0.3) is 5.91 Å². The maximum atomic E-state index is 11.6. The number of carbonyl (C=O) groups excluding carboxylic acids is 1. The number of nitrogens with two attached hydrogens (primary N) is 1. The molecule has 0 aliphatic rings. The minimum absolute atomic E-state index is 0.155. The number of carbonyl (C=O) groups is 1. The van der Waals surface area contributed by atoms with E-state index in [4.69, 9.17) is 22.7 Å². The molecule has 2 rings (SSSR count). The molecular weight excluding hydrogens is 280 g/mol. The topological polar surface area (TPSA) is 119 Å². The Hall–Kier alpha value is -2.55. The summed E-state index contributed by atoms with van der Waals surface area (Å²) in [5.41, 5.74) is 6.16. The number of amides is 1. The Kier molecular flexibility index (Phi) is 4.56. The third kappa shape index (κ3) is 3.72. The van der Waals surface area contributed by atoms with Gasteiger partial charge in [0.1, 0.15) is 10.7 Å². The molecule has 0 aliphatic carbocycles. The lowest BCUT2D eigenvalue weighted by molar-refractivity contribution is -0.123. The summed E-state index contributed by atoms with van der Waals surface area (Å²) in [6.45, 7) is 0.0210. The molecule has 1 aromatic heterocycles. The summed E-state index contributed by atoms with van der Waals surface area (Å²) >= 11 is 4.90. The lowest BCUT2D eigenvalue weighted by Gasteiger charge is -2.10. The molecular formula is C11H12N6O2S. The van der Waals surface area contributed by atoms with E-state index in [1.807, 2.05) is 0 Å². The van der Waals surface area contributed by atoms with E-state index in [0.717, 1.165) is 0 Å². The summed E-state index contributed by atoms with van der Waals surface area (Å²) in [6.07, 6.45) is 0. The van der Waals surface area contributed by atoms with Gasteiger partial charge in [-0.25, -0.2) is 0 Å². The number of tetrazole rings is 1. The van der Waals surface area contributed by atoms with Crippen molar-refractivity contribution in [1.82, 2.24) is 25.9 Å². The average Bonchev–Trinajstić information content (AvgIpc) is 2.96. The van der Waals surface area contributed by atoms with E-state index in [9.17, 15) is 4.79 Å². The van der Waals surface area contributed by atoms with Crippen molar-refractivity contribution >= 4 is 23.1 Å². The second-order valence-corrected chi connectivity index (χ2v) is 4.19. The molecule has 0 unspecified atom stereocenters. The first-order valence-electron chi connectivity index (χ1n) is 5.67. The zero-order chi connectivity index (χ0) is 14.4. The van der Waals surface area contributed by atoms with Crippen LogP contribution < -0.4 is 15.8 Å². The number of hydrogen-bond acceptors (Lipinski definition) is 6. The van der Waals surface area contributed by atoms with Crippen molar-refractivity contribution in [2.24, 2.45) is 5.73 Å². The van der Waals surface area contributed by atoms with E-state index in [0.29, 0.717) is 17.1 Å². The summed E-state index contributed by atoms with van der Waals surface area (Å²) < 4.78 is 5.39. The molecule has 1 aromatic carbocycles. The van der Waals surface area contributed by atoms with Crippen LogP contribution in [-0.2, 0) is 11.3 Å². The number of benzene rings is 1. The third-order valence-corrected chi connectivity index (χ3v) is 2.56. The number of thiocarbonyl (C=S) groups is 1. The molecule has 0 aliphatic heterocycles. The molecule has 0 bridgehead atoms. The fourth-order valence-corrected chi connectivity index (χ4v) is 1.59. The first-order valence-corrected chi connectivity index (χ1v) is 6.08. The normalized spacial score (nSPS) is 10.0. The molecule has 0 saturated heterocycles. The molecule has 20 heavy (non-hydrogen) atoms. The molecule has 104 valence electrons. The Bertz CT molecular complexity index is 601. The fourth-order valence-electron chi connectivity index (χ4n) is 1.43. The first kappa shape index (κ1) is 13.9. The van der Waals surface area contributed by atoms with Crippen molar-refractivity contribution in [2.45, 2.75) is 6.54 Å². The summed E-state index contributed by atoms with van der Waals surface area (Å²) in [4.78, 5) is 11.8. The minimum atomic E-state index is -0.312. The molecule has 0 spiro atoms. The Morgan fingerprint density at radius 2 is 2.25 bits per heavy atom. The van der Waals surface area contributed by atoms with Crippen LogP contribution in [0.5, 0.6) is 5.75 Å². The van der Waals surface area contributed by atoms with Crippen molar-refractivity contribution in [2.75, 3.05) is 6.61 Å².